The van der Waals surface area contributed by atoms with Gasteiger partial charge in [0.15, 0.2) is 0 Å². The van der Waals surface area contributed by atoms with Crippen molar-refractivity contribution in [3.8, 4) is 0 Å². The molecular weight excluding hydrogens is 306 g/mol. The van der Waals surface area contributed by atoms with Crippen molar-refractivity contribution in [3.63, 3.8) is 0 Å². The molecule has 0 aliphatic carbocycles. The minimum atomic E-state index is -0.537. The van der Waals surface area contributed by atoms with E-state index in [1.54, 1.807) is 25.2 Å². The first-order valence-corrected chi connectivity index (χ1v) is 6.88. The molecule has 0 aliphatic heterocycles. The predicted octanol–water partition coefficient (Wildman–Crippen LogP) is 3.22. The topological polar surface area (TPSA) is 84.3 Å². The van der Waals surface area contributed by atoms with Crippen LogP contribution < -0.4 is 10.6 Å². The van der Waals surface area contributed by atoms with Gasteiger partial charge in [-0.15, -0.1) is 0 Å². The molecule has 22 heavy (non-hydrogen) atoms. The van der Waals surface area contributed by atoms with E-state index >= 15 is 0 Å². The Morgan fingerprint density at radius 1 is 1.27 bits per heavy atom. The van der Waals surface area contributed by atoms with Crippen LogP contribution in [0.3, 0.4) is 0 Å². The van der Waals surface area contributed by atoms with Crippen LogP contribution in [0.4, 0.5) is 11.4 Å². The van der Waals surface area contributed by atoms with Crippen molar-refractivity contribution in [2.45, 2.75) is 6.54 Å². The van der Waals surface area contributed by atoms with Crippen LogP contribution in [-0.2, 0) is 6.54 Å². The summed E-state index contributed by atoms with van der Waals surface area (Å²) in [5, 5.41) is 16.9. The number of hydrogen-bond donors (Lipinski definition) is 2. The fourth-order valence-electron chi connectivity index (χ4n) is 1.96. The second kappa shape index (κ2) is 6.91. The van der Waals surface area contributed by atoms with Gasteiger partial charge in [0.05, 0.1) is 10.5 Å². The third kappa shape index (κ3) is 3.53. The highest BCUT2D eigenvalue weighted by Gasteiger charge is 2.16. The average molecular weight is 320 g/mol. The Balaban J connectivity index is 2.20. The highest BCUT2D eigenvalue weighted by atomic mass is 35.5. The number of rotatable bonds is 5. The Morgan fingerprint density at radius 2 is 2.00 bits per heavy atom. The summed E-state index contributed by atoms with van der Waals surface area (Å²) in [5.41, 5.74) is 1.36. The van der Waals surface area contributed by atoms with Gasteiger partial charge in [0, 0.05) is 36.4 Å². The van der Waals surface area contributed by atoms with Crippen molar-refractivity contribution >= 4 is 28.9 Å². The van der Waals surface area contributed by atoms with Gasteiger partial charge in [-0.1, -0.05) is 29.8 Å². The quantitative estimate of drug-likeness (QED) is 0.654. The van der Waals surface area contributed by atoms with Crippen LogP contribution in [0.25, 0.3) is 0 Å². The molecule has 0 saturated carbocycles. The Hall–Kier alpha value is -2.60. The summed E-state index contributed by atoms with van der Waals surface area (Å²) in [5.74, 6) is -0.409. The van der Waals surface area contributed by atoms with Gasteiger partial charge in [0.25, 0.3) is 11.6 Å². The number of anilines is 1. The zero-order valence-electron chi connectivity index (χ0n) is 11.8. The molecule has 0 radical (unpaired) electrons. The summed E-state index contributed by atoms with van der Waals surface area (Å²) in [4.78, 5) is 22.6. The fourth-order valence-corrected chi connectivity index (χ4v) is 2.17. The zero-order chi connectivity index (χ0) is 16.1. The monoisotopic (exact) mass is 319 g/mol. The Morgan fingerprint density at radius 3 is 2.64 bits per heavy atom. The largest absolute Gasteiger partial charge is 0.387 e. The van der Waals surface area contributed by atoms with Gasteiger partial charge in [0.2, 0.25) is 0 Å². The maximum Gasteiger partial charge on any atom is 0.270 e. The molecule has 2 rings (SSSR count). The maximum absolute atomic E-state index is 12.3. The molecular formula is C15H14ClN3O3. The number of amides is 1. The zero-order valence-corrected chi connectivity index (χ0v) is 12.6. The van der Waals surface area contributed by atoms with Crippen LogP contribution in [0.15, 0.2) is 42.5 Å². The Bertz CT molecular complexity index is 719. The normalized spacial score (nSPS) is 10.1. The summed E-state index contributed by atoms with van der Waals surface area (Å²) >= 11 is 6.03. The molecule has 6 nitrogen and oxygen atoms in total. The minimum absolute atomic E-state index is 0.137. The van der Waals surface area contributed by atoms with E-state index in [1.807, 2.05) is 6.07 Å². The minimum Gasteiger partial charge on any atom is -0.387 e. The summed E-state index contributed by atoms with van der Waals surface area (Å²) in [6, 6.07) is 11.2. The first-order valence-electron chi connectivity index (χ1n) is 6.50. The van der Waals surface area contributed by atoms with Crippen LogP contribution in [-0.4, -0.2) is 17.9 Å². The molecule has 7 heteroatoms. The van der Waals surface area contributed by atoms with Crippen molar-refractivity contribution in [1.82, 2.24) is 5.32 Å². The first-order chi connectivity index (χ1) is 10.5. The summed E-state index contributed by atoms with van der Waals surface area (Å²) in [6.45, 7) is 0.240. The molecule has 2 N–H and O–H groups in total. The number of nitro benzene ring substituents is 1. The van der Waals surface area contributed by atoms with E-state index in [1.165, 1.54) is 18.2 Å². The standard InChI is InChI=1S/C15H14ClN3O3/c1-17-14-7-6-11(19(21)22)8-12(14)15(20)18-9-10-4-2-3-5-13(10)16/h2-8,17H,9H2,1H3,(H,18,20). The molecule has 0 aliphatic rings. The lowest BCUT2D eigenvalue weighted by Crippen LogP contribution is -2.24. The number of carbonyl (C=O) groups excluding carboxylic acids is 1. The van der Waals surface area contributed by atoms with Crippen LogP contribution in [0, 0.1) is 10.1 Å². The summed E-state index contributed by atoms with van der Waals surface area (Å²) in [7, 11) is 1.64. The number of nitrogens with one attached hydrogen (secondary N) is 2. The lowest BCUT2D eigenvalue weighted by atomic mass is 10.1. The lowest BCUT2D eigenvalue weighted by molar-refractivity contribution is -0.384. The number of carbonyl (C=O) groups is 1. The molecule has 0 bridgehead atoms. The van der Waals surface area contributed by atoms with E-state index in [2.05, 4.69) is 10.6 Å². The van der Waals surface area contributed by atoms with Gasteiger partial charge in [0.1, 0.15) is 0 Å². The molecule has 2 aromatic rings. The molecule has 114 valence electrons. The molecule has 0 saturated heterocycles. The number of hydrogen-bond acceptors (Lipinski definition) is 4. The van der Waals surface area contributed by atoms with Crippen molar-refractivity contribution in [2.24, 2.45) is 0 Å². The van der Waals surface area contributed by atoms with E-state index in [0.29, 0.717) is 10.7 Å². The molecule has 0 fully saturated rings. The summed E-state index contributed by atoms with van der Waals surface area (Å²) < 4.78 is 0. The smallest absolute Gasteiger partial charge is 0.270 e. The number of nitro groups is 1. The third-order valence-electron chi connectivity index (χ3n) is 3.13. The van der Waals surface area contributed by atoms with E-state index in [9.17, 15) is 14.9 Å². The molecule has 1 amide bonds. The summed E-state index contributed by atoms with van der Waals surface area (Å²) in [6.07, 6.45) is 0. The molecule has 0 unspecified atom stereocenters. The number of benzene rings is 2. The van der Waals surface area contributed by atoms with Gasteiger partial charge >= 0.3 is 0 Å². The maximum atomic E-state index is 12.3. The second-order valence-corrected chi connectivity index (χ2v) is 4.92. The van der Waals surface area contributed by atoms with E-state index < -0.39 is 10.8 Å². The van der Waals surface area contributed by atoms with Gasteiger partial charge in [-0.05, 0) is 17.7 Å². The van der Waals surface area contributed by atoms with E-state index in [-0.39, 0.29) is 17.8 Å². The predicted molar refractivity (Wildman–Crippen MR) is 85.3 cm³/mol. The van der Waals surface area contributed by atoms with E-state index in [4.69, 9.17) is 11.6 Å². The third-order valence-corrected chi connectivity index (χ3v) is 3.49. The number of halogens is 1. The highest BCUT2D eigenvalue weighted by Crippen LogP contribution is 2.22. The fraction of sp³-hybridized carbons (Fsp3) is 0.133. The number of non-ortho nitro benzene ring substituents is 1. The molecule has 2 aromatic carbocycles. The van der Waals surface area contributed by atoms with Gasteiger partial charge in [-0.3, -0.25) is 14.9 Å². The van der Waals surface area contributed by atoms with Crippen LogP contribution in [0.5, 0.6) is 0 Å². The molecule has 0 heterocycles. The van der Waals surface area contributed by atoms with Crippen LogP contribution in [0.2, 0.25) is 5.02 Å². The van der Waals surface area contributed by atoms with Crippen LogP contribution in [0.1, 0.15) is 15.9 Å². The van der Waals surface area contributed by atoms with Gasteiger partial charge < -0.3 is 10.6 Å². The Kier molecular flexibility index (Phi) is 4.95. The first kappa shape index (κ1) is 15.8. The highest BCUT2D eigenvalue weighted by molar-refractivity contribution is 6.31. The molecule has 0 aromatic heterocycles. The SMILES string of the molecule is CNc1ccc([N+](=O)[O-])cc1C(=O)NCc1ccccc1Cl. The van der Waals surface area contributed by atoms with Crippen LogP contribution >= 0.6 is 11.6 Å². The Labute approximate surface area is 132 Å². The second-order valence-electron chi connectivity index (χ2n) is 4.51. The van der Waals surface area contributed by atoms with Crippen molar-refractivity contribution in [3.05, 3.63) is 68.7 Å². The average Bonchev–Trinajstić information content (AvgIpc) is 2.53. The molecule has 0 spiro atoms. The van der Waals surface area contributed by atoms with Crippen molar-refractivity contribution in [2.75, 3.05) is 12.4 Å². The number of nitrogens with zero attached hydrogens (tertiary/aromatic N) is 1. The lowest BCUT2D eigenvalue weighted by Gasteiger charge is -2.10. The van der Waals surface area contributed by atoms with Crippen molar-refractivity contribution in [1.29, 1.82) is 0 Å². The van der Waals surface area contributed by atoms with E-state index in [0.717, 1.165) is 5.56 Å². The van der Waals surface area contributed by atoms with Gasteiger partial charge in [-0.2, -0.15) is 0 Å². The molecule has 0 atom stereocenters. The van der Waals surface area contributed by atoms with Crippen molar-refractivity contribution < 1.29 is 9.72 Å². The van der Waals surface area contributed by atoms with Gasteiger partial charge in [-0.25, -0.2) is 0 Å².